The highest BCUT2D eigenvalue weighted by atomic mass is 16.5. The Morgan fingerprint density at radius 3 is 2.30 bits per heavy atom. The summed E-state index contributed by atoms with van der Waals surface area (Å²) in [4.78, 5) is 24.7. The highest BCUT2D eigenvalue weighted by Crippen LogP contribution is 2.41. The second-order valence-corrected chi connectivity index (χ2v) is 8.91. The van der Waals surface area contributed by atoms with Crippen LogP contribution in [0.25, 0.3) is 27.9 Å². The van der Waals surface area contributed by atoms with E-state index in [1.165, 1.54) is 6.07 Å². The van der Waals surface area contributed by atoms with Gasteiger partial charge >= 0.3 is 5.63 Å². The number of methoxy groups -OCH3 is 3. The Labute approximate surface area is 230 Å². The number of Topliss-reactive ketones (excluding diaryl/α,β-unsaturated/α-hetero) is 1. The van der Waals surface area contributed by atoms with Crippen LogP contribution >= 0.6 is 0 Å². The van der Waals surface area contributed by atoms with Gasteiger partial charge in [0.25, 0.3) is 0 Å². The van der Waals surface area contributed by atoms with Crippen molar-refractivity contribution in [3.05, 3.63) is 95.0 Å². The molecule has 0 unspecified atom stereocenters. The molecule has 5 aromatic rings. The van der Waals surface area contributed by atoms with Crippen LogP contribution in [0.1, 0.15) is 23.3 Å². The number of aromatic nitrogens is 2. The number of fused-ring (bicyclic) bond motifs is 1. The van der Waals surface area contributed by atoms with Gasteiger partial charge in [-0.25, -0.2) is 9.48 Å². The van der Waals surface area contributed by atoms with Gasteiger partial charge in [0.2, 0.25) is 5.75 Å². The van der Waals surface area contributed by atoms with Gasteiger partial charge in [0, 0.05) is 29.5 Å². The van der Waals surface area contributed by atoms with Crippen LogP contribution in [-0.2, 0) is 0 Å². The lowest BCUT2D eigenvalue weighted by Gasteiger charge is -2.15. The van der Waals surface area contributed by atoms with Crippen LogP contribution in [0.5, 0.6) is 23.0 Å². The second kappa shape index (κ2) is 11.8. The molecule has 2 aromatic heterocycles. The van der Waals surface area contributed by atoms with Crippen molar-refractivity contribution in [1.82, 2.24) is 9.78 Å². The van der Waals surface area contributed by atoms with E-state index >= 15 is 0 Å². The number of carbonyl (C=O) groups excluding carboxylic acids is 1. The first-order valence-corrected chi connectivity index (χ1v) is 12.7. The third kappa shape index (κ3) is 5.54. The predicted octanol–water partition coefficient (Wildman–Crippen LogP) is 5.71. The molecule has 0 saturated heterocycles. The van der Waals surface area contributed by atoms with Crippen LogP contribution in [0, 0.1) is 0 Å². The number of ketones is 1. The van der Waals surface area contributed by atoms with Gasteiger partial charge < -0.3 is 23.4 Å². The normalized spacial score (nSPS) is 10.9. The lowest BCUT2D eigenvalue weighted by Crippen LogP contribution is -2.06. The molecule has 9 heteroatoms. The highest BCUT2D eigenvalue weighted by Gasteiger charge is 2.20. The van der Waals surface area contributed by atoms with Crippen molar-refractivity contribution in [2.45, 2.75) is 12.8 Å². The highest BCUT2D eigenvalue weighted by molar-refractivity contribution is 5.95. The molecule has 2 heterocycles. The first-order valence-electron chi connectivity index (χ1n) is 12.7. The van der Waals surface area contributed by atoms with Gasteiger partial charge in [-0.05, 0) is 55.0 Å². The van der Waals surface area contributed by atoms with E-state index in [2.05, 4.69) is 5.10 Å². The van der Waals surface area contributed by atoms with Gasteiger partial charge in [-0.15, -0.1) is 0 Å². The molecule has 0 aliphatic rings. The Hall–Kier alpha value is -5.05. The van der Waals surface area contributed by atoms with E-state index < -0.39 is 5.63 Å². The van der Waals surface area contributed by atoms with Gasteiger partial charge in [-0.2, -0.15) is 5.10 Å². The topological polar surface area (TPSA) is 102 Å². The summed E-state index contributed by atoms with van der Waals surface area (Å²) in [6.45, 7) is 0.313. The molecule has 0 radical (unpaired) electrons. The molecule has 5 rings (SSSR count). The van der Waals surface area contributed by atoms with E-state index in [-0.39, 0.29) is 12.2 Å². The Morgan fingerprint density at radius 2 is 1.60 bits per heavy atom. The summed E-state index contributed by atoms with van der Waals surface area (Å²) in [6, 6.07) is 23.4. The maximum atomic E-state index is 13.2. The van der Waals surface area contributed by atoms with Crippen molar-refractivity contribution in [3.8, 4) is 39.9 Å². The molecule has 0 amide bonds. The Morgan fingerprint density at radius 1 is 0.875 bits per heavy atom. The van der Waals surface area contributed by atoms with E-state index in [4.69, 9.17) is 23.4 Å². The molecule has 9 nitrogen and oxygen atoms in total. The molecule has 0 atom stereocenters. The molecule has 0 fully saturated rings. The molecular weight excluding hydrogens is 512 g/mol. The van der Waals surface area contributed by atoms with Crippen LogP contribution in [0.2, 0.25) is 0 Å². The van der Waals surface area contributed by atoms with Gasteiger partial charge in [0.1, 0.15) is 17.0 Å². The molecule has 0 saturated carbocycles. The van der Waals surface area contributed by atoms with E-state index in [0.29, 0.717) is 53.0 Å². The molecular formula is C31H28N2O7. The van der Waals surface area contributed by atoms with Gasteiger partial charge in [0.05, 0.1) is 39.3 Å². The minimum Gasteiger partial charge on any atom is -0.493 e. The number of rotatable bonds is 11. The predicted molar refractivity (Wildman–Crippen MR) is 150 cm³/mol. The average molecular weight is 541 g/mol. The smallest absolute Gasteiger partial charge is 0.336 e. The van der Waals surface area contributed by atoms with Crippen molar-refractivity contribution < 1.29 is 28.2 Å². The average Bonchev–Trinajstić information content (AvgIpc) is 3.44. The number of nitrogens with zero attached hydrogens (tertiary/aromatic N) is 2. The summed E-state index contributed by atoms with van der Waals surface area (Å²) in [7, 11) is 4.66. The standard InChI is InChI=1S/C31H28N2O7/c1-36-28-16-21(17-29(37-2)31(28)38-3)25-19-24(32-33(25)22-8-5-4-6-9-22)26(34)10-7-15-39-23-13-11-20-12-14-30(35)40-27(20)18-23/h4-6,8-9,11-14,16-19H,7,10,15H2,1-3H3. The number of hydrogen-bond donors (Lipinski definition) is 0. The third-order valence-corrected chi connectivity index (χ3v) is 6.37. The zero-order valence-corrected chi connectivity index (χ0v) is 22.4. The Balaban J connectivity index is 1.36. The van der Waals surface area contributed by atoms with Crippen LogP contribution in [-0.4, -0.2) is 43.5 Å². The molecule has 204 valence electrons. The Kier molecular flexibility index (Phi) is 7.82. The fourth-order valence-corrected chi connectivity index (χ4v) is 4.40. The summed E-state index contributed by atoms with van der Waals surface area (Å²) in [5, 5.41) is 5.47. The summed E-state index contributed by atoms with van der Waals surface area (Å²) in [6.07, 6.45) is 0.719. The van der Waals surface area contributed by atoms with Crippen molar-refractivity contribution in [1.29, 1.82) is 0 Å². The van der Waals surface area contributed by atoms with E-state index in [1.54, 1.807) is 50.3 Å². The molecule has 0 bridgehead atoms. The van der Waals surface area contributed by atoms with Crippen LogP contribution in [0.4, 0.5) is 0 Å². The number of para-hydroxylation sites is 1. The number of benzene rings is 3. The third-order valence-electron chi connectivity index (χ3n) is 6.37. The van der Waals surface area contributed by atoms with Gasteiger partial charge in [-0.3, -0.25) is 4.79 Å². The van der Waals surface area contributed by atoms with Crippen molar-refractivity contribution in [2.24, 2.45) is 0 Å². The molecule has 0 spiro atoms. The quantitative estimate of drug-likeness (QED) is 0.119. The van der Waals surface area contributed by atoms with E-state index in [9.17, 15) is 9.59 Å². The van der Waals surface area contributed by atoms with Crippen LogP contribution in [0.3, 0.4) is 0 Å². The van der Waals surface area contributed by atoms with E-state index in [1.807, 2.05) is 48.5 Å². The zero-order valence-electron chi connectivity index (χ0n) is 22.4. The molecule has 0 N–H and O–H groups in total. The summed E-state index contributed by atoms with van der Waals surface area (Å²) in [5.74, 6) is 1.92. The number of hydrogen-bond acceptors (Lipinski definition) is 8. The lowest BCUT2D eigenvalue weighted by atomic mass is 10.1. The monoisotopic (exact) mass is 540 g/mol. The molecule has 3 aromatic carbocycles. The first-order chi connectivity index (χ1) is 19.5. The fourth-order valence-electron chi connectivity index (χ4n) is 4.40. The molecule has 0 aliphatic heterocycles. The fraction of sp³-hybridized carbons (Fsp3) is 0.194. The van der Waals surface area contributed by atoms with E-state index in [0.717, 1.165) is 16.6 Å². The molecule has 0 aliphatic carbocycles. The second-order valence-electron chi connectivity index (χ2n) is 8.91. The molecule has 40 heavy (non-hydrogen) atoms. The SMILES string of the molecule is COc1cc(-c2cc(C(=O)CCCOc3ccc4ccc(=O)oc4c3)nn2-c2ccccc2)cc(OC)c1OC. The largest absolute Gasteiger partial charge is 0.493 e. The maximum Gasteiger partial charge on any atom is 0.336 e. The van der Waals surface area contributed by atoms with Crippen molar-refractivity contribution >= 4 is 16.8 Å². The summed E-state index contributed by atoms with van der Waals surface area (Å²) < 4.78 is 29.3. The van der Waals surface area contributed by atoms with Crippen LogP contribution < -0.4 is 24.6 Å². The van der Waals surface area contributed by atoms with Gasteiger partial charge in [0.15, 0.2) is 17.3 Å². The van der Waals surface area contributed by atoms with Crippen molar-refractivity contribution in [2.75, 3.05) is 27.9 Å². The lowest BCUT2D eigenvalue weighted by molar-refractivity contribution is 0.0968. The van der Waals surface area contributed by atoms with Crippen molar-refractivity contribution in [3.63, 3.8) is 0 Å². The zero-order chi connectivity index (χ0) is 28.1. The number of carbonyl (C=O) groups is 1. The first kappa shape index (κ1) is 26.6. The maximum absolute atomic E-state index is 13.2. The van der Waals surface area contributed by atoms with Gasteiger partial charge in [-0.1, -0.05) is 18.2 Å². The number of ether oxygens (including phenoxy) is 4. The summed E-state index contributed by atoms with van der Waals surface area (Å²) >= 11 is 0. The van der Waals surface area contributed by atoms with Crippen LogP contribution in [0.15, 0.2) is 88.1 Å². The Bertz CT molecular complexity index is 1680. The minimum absolute atomic E-state index is 0.114. The summed E-state index contributed by atoms with van der Waals surface area (Å²) in [5.41, 5.74) is 2.61. The minimum atomic E-state index is -0.420.